The summed E-state index contributed by atoms with van der Waals surface area (Å²) in [7, 11) is 125. The quantitative estimate of drug-likeness (QED) is 0.157. The summed E-state index contributed by atoms with van der Waals surface area (Å²) in [6, 6.07) is 3.65. The van der Waals surface area contributed by atoms with Crippen molar-refractivity contribution in [3.8, 4) is 68.3 Å². The van der Waals surface area contributed by atoms with Crippen LogP contribution in [0, 0.1) is 5.82 Å². The first-order chi connectivity index (χ1) is 29.5. The van der Waals surface area contributed by atoms with Crippen LogP contribution in [0.1, 0.15) is 0 Å². The molecule has 0 aliphatic rings. The number of aromatic nitrogens is 6. The van der Waals surface area contributed by atoms with Crippen molar-refractivity contribution in [3.05, 3.63) is 24.0 Å². The highest BCUT2D eigenvalue weighted by Crippen LogP contribution is 2.29. The molecular formula is C36H3B20FN6. The Hall–Kier alpha value is -4.65. The second kappa shape index (κ2) is 17.0. The van der Waals surface area contributed by atoms with Crippen molar-refractivity contribution in [2.75, 3.05) is 0 Å². The van der Waals surface area contributed by atoms with Gasteiger partial charge in [-0.2, -0.15) is 0 Å². The van der Waals surface area contributed by atoms with Gasteiger partial charge in [-0.3, -0.25) is 0 Å². The minimum Gasteiger partial charge on any atom is -0.208 e. The van der Waals surface area contributed by atoms with Gasteiger partial charge < -0.3 is 0 Å². The summed E-state index contributed by atoms with van der Waals surface area (Å²) in [5.74, 6) is -2.46. The molecule has 244 valence electrons. The van der Waals surface area contributed by atoms with E-state index in [4.69, 9.17) is 157 Å². The maximum absolute atomic E-state index is 16.4. The highest BCUT2D eigenvalue weighted by Gasteiger charge is 2.25. The molecule has 0 unspecified atom stereocenters. The van der Waals surface area contributed by atoms with E-state index in [0.717, 1.165) is 6.07 Å². The molecule has 7 aromatic rings. The van der Waals surface area contributed by atoms with E-state index >= 15 is 4.39 Å². The van der Waals surface area contributed by atoms with Gasteiger partial charge in [-0.05, 0) is 18.2 Å². The van der Waals surface area contributed by atoms with Crippen molar-refractivity contribution in [3.63, 3.8) is 0 Å². The van der Waals surface area contributed by atoms with E-state index in [9.17, 15) is 0 Å². The summed E-state index contributed by atoms with van der Waals surface area (Å²) in [6.45, 7) is 0. The van der Waals surface area contributed by atoms with Gasteiger partial charge >= 0.3 is 0 Å². The number of hydrogen-bond donors (Lipinski definition) is 0. The molecule has 0 spiro atoms. The first-order valence-electron chi connectivity index (χ1n) is 17.9. The van der Waals surface area contributed by atoms with Crippen molar-refractivity contribution >= 4 is 266 Å². The van der Waals surface area contributed by atoms with Gasteiger partial charge in [0.15, 0.2) is 34.9 Å². The van der Waals surface area contributed by atoms with Gasteiger partial charge in [0.2, 0.25) is 0 Å². The van der Waals surface area contributed by atoms with Crippen LogP contribution in [0.3, 0.4) is 0 Å². The van der Waals surface area contributed by atoms with Crippen LogP contribution in [-0.2, 0) is 0 Å². The standard InChI is InChI=1S/C36H3B20FN6/c37-11-7(12(38)20(46)27(53)19(11)45)33-58-31(59-34(62-33)8-13(39)21(47)28(54)22(48)14(8)40)4-1-2-6(57)5(3-4)32-60-35(9-15(41)23(49)29(55)24(50)16(9)42)63-36(61-32)10-17(43)25(51)30(56)26(52)18(10)44/h1-3H. The smallest absolute Gasteiger partial charge is 0.167 e. The number of rotatable bonds is 6. The fourth-order valence-electron chi connectivity index (χ4n) is 6.65. The summed E-state index contributed by atoms with van der Waals surface area (Å²) in [5.41, 5.74) is -3.27. The van der Waals surface area contributed by atoms with Gasteiger partial charge in [-0.25, -0.2) is 34.3 Å². The molecule has 0 aliphatic carbocycles. The van der Waals surface area contributed by atoms with Crippen molar-refractivity contribution in [1.82, 2.24) is 29.9 Å². The van der Waals surface area contributed by atoms with E-state index in [-0.39, 0.29) is 178 Å². The van der Waals surface area contributed by atoms with E-state index in [0.29, 0.717) is 0 Å². The Labute approximate surface area is 390 Å². The predicted octanol–water partition coefficient (Wildman–Crippen LogP) is -15.9. The molecule has 6 nitrogen and oxygen atoms in total. The molecule has 40 radical (unpaired) electrons. The van der Waals surface area contributed by atoms with Crippen LogP contribution in [0.25, 0.3) is 68.3 Å². The van der Waals surface area contributed by atoms with Gasteiger partial charge in [0.25, 0.3) is 0 Å². The Morgan fingerprint density at radius 2 is 0.460 bits per heavy atom. The first-order valence-corrected chi connectivity index (χ1v) is 17.9. The highest BCUT2D eigenvalue weighted by atomic mass is 19.1. The lowest BCUT2D eigenvalue weighted by molar-refractivity contribution is 0.630. The van der Waals surface area contributed by atoms with Crippen molar-refractivity contribution in [2.24, 2.45) is 0 Å². The lowest BCUT2D eigenvalue weighted by Crippen LogP contribution is -2.55. The molecule has 63 heavy (non-hydrogen) atoms. The van der Waals surface area contributed by atoms with Crippen molar-refractivity contribution in [1.29, 1.82) is 0 Å². The average Bonchev–Trinajstić information content (AvgIpc) is 3.26. The van der Waals surface area contributed by atoms with Crippen LogP contribution in [0.15, 0.2) is 18.2 Å². The topological polar surface area (TPSA) is 77.3 Å². The first kappa shape index (κ1) is 46.3. The van der Waals surface area contributed by atoms with E-state index < -0.39 is 5.82 Å². The third-order valence-corrected chi connectivity index (χ3v) is 10.4. The molecule has 5 aromatic carbocycles. The largest absolute Gasteiger partial charge is 0.208 e. The van der Waals surface area contributed by atoms with Gasteiger partial charge in [0.1, 0.15) is 163 Å². The van der Waals surface area contributed by atoms with Crippen LogP contribution in [0.4, 0.5) is 4.39 Å². The summed E-state index contributed by atoms with van der Waals surface area (Å²) in [5, 5.41) is 0. The summed E-state index contributed by atoms with van der Waals surface area (Å²) in [6.07, 6.45) is 0. The molecule has 2 aromatic heterocycles. The maximum atomic E-state index is 16.4. The van der Waals surface area contributed by atoms with E-state index in [1.807, 2.05) is 0 Å². The molecule has 27 heteroatoms. The van der Waals surface area contributed by atoms with Crippen LogP contribution in [0.2, 0.25) is 0 Å². The molecule has 0 aliphatic heterocycles. The zero-order valence-electron chi connectivity index (χ0n) is 32.8. The van der Waals surface area contributed by atoms with Crippen LogP contribution >= 0.6 is 0 Å². The highest BCUT2D eigenvalue weighted by molar-refractivity contribution is 6.72. The molecule has 2 heterocycles. The molecule has 0 atom stereocenters. The monoisotopic (exact) mass is 758 g/mol. The Balaban J connectivity index is 1.56. The number of benzene rings is 5. The average molecular weight is 755 g/mol. The summed E-state index contributed by atoms with van der Waals surface area (Å²) in [4.78, 5) is 27.4. The molecule has 0 fully saturated rings. The predicted molar refractivity (Wildman–Crippen MR) is 274 cm³/mol. The second-order valence-electron chi connectivity index (χ2n) is 14.1. The Kier molecular flexibility index (Phi) is 12.5. The van der Waals surface area contributed by atoms with Gasteiger partial charge in [-0.15, -0.1) is 65.6 Å². The molecule has 0 saturated heterocycles. The van der Waals surface area contributed by atoms with E-state index in [2.05, 4.69) is 29.9 Å². The van der Waals surface area contributed by atoms with Gasteiger partial charge in [-0.1, -0.05) is 43.7 Å². The lowest BCUT2D eigenvalue weighted by Gasteiger charge is -2.23. The van der Waals surface area contributed by atoms with Crippen LogP contribution in [-0.4, -0.2) is 187 Å². The Bertz CT molecular complexity index is 2880. The number of nitrogens with zero attached hydrogens (tertiary/aromatic N) is 6. The number of halogens is 1. The zero-order chi connectivity index (χ0) is 46.4. The minimum absolute atomic E-state index is 0.0545. The normalized spacial score (nSPS) is 11.3. The summed E-state index contributed by atoms with van der Waals surface area (Å²) >= 11 is 0. The maximum Gasteiger partial charge on any atom is 0.167 e. The molecular weight excluding hydrogens is 752 g/mol. The Morgan fingerprint density at radius 1 is 0.254 bits per heavy atom. The van der Waals surface area contributed by atoms with E-state index in [1.165, 1.54) is 12.1 Å². The van der Waals surface area contributed by atoms with Crippen LogP contribution < -0.4 is 109 Å². The molecule has 7 rings (SSSR count). The molecule has 0 saturated carbocycles. The molecule has 0 amide bonds. The fourth-order valence-corrected chi connectivity index (χ4v) is 6.65. The van der Waals surface area contributed by atoms with E-state index in [1.54, 1.807) is 0 Å². The lowest BCUT2D eigenvalue weighted by atomic mass is 9.60. The fraction of sp³-hybridized carbons (Fsp3) is 0. The van der Waals surface area contributed by atoms with Crippen molar-refractivity contribution in [2.45, 2.75) is 0 Å². The van der Waals surface area contributed by atoms with Gasteiger partial charge in [0, 0.05) is 27.8 Å². The molecule has 0 bridgehead atoms. The third-order valence-electron chi connectivity index (χ3n) is 10.4. The number of hydrogen-bond acceptors (Lipinski definition) is 6. The Morgan fingerprint density at radius 3 is 0.714 bits per heavy atom. The van der Waals surface area contributed by atoms with Gasteiger partial charge in [0.05, 0.1) is 5.56 Å². The molecule has 0 N–H and O–H groups in total. The zero-order valence-corrected chi connectivity index (χ0v) is 32.8. The summed E-state index contributed by atoms with van der Waals surface area (Å²) < 4.78 is 16.4. The van der Waals surface area contributed by atoms with Crippen molar-refractivity contribution < 1.29 is 4.39 Å². The second-order valence-corrected chi connectivity index (χ2v) is 14.1. The minimum atomic E-state index is -0.883. The van der Waals surface area contributed by atoms with Crippen LogP contribution in [0.5, 0.6) is 0 Å². The SMILES string of the molecule is [B]c1c([B])c([B])c(-c2nc(-c3ccc(F)c(-c4nc(-c5c([B])c([B])c([B])c([B])c5[B])nc(-c5c([B])c([B])c([B])c([B])c5[B])n4)c3)nc(-c3c([B])c([B])c([B])c([B])c3[B])n2)c([B])c1[B]. The third kappa shape index (κ3) is 7.57.